The number of nitrogens with two attached hydrogens (primary N) is 1. The van der Waals surface area contributed by atoms with Gasteiger partial charge in [0.1, 0.15) is 18.9 Å². The lowest BCUT2D eigenvalue weighted by Gasteiger charge is -2.26. The van der Waals surface area contributed by atoms with Gasteiger partial charge in [0.2, 0.25) is 23.6 Å². The number of carbonyl (C=O) groups is 8. The second-order valence-electron chi connectivity index (χ2n) is 18.1. The van der Waals surface area contributed by atoms with Crippen LogP contribution in [0.5, 0.6) is 0 Å². The number of likely N-dealkylation sites (N-methyl/N-ethyl adjacent to an activating group) is 1. The first-order chi connectivity index (χ1) is 33.8. The normalized spacial score (nSPS) is 14.5. The van der Waals surface area contributed by atoms with Crippen LogP contribution in [0.2, 0.25) is 0 Å². The summed E-state index contributed by atoms with van der Waals surface area (Å²) in [5, 5.41) is 13.5. The van der Waals surface area contributed by atoms with Crippen molar-refractivity contribution < 1.29 is 62.0 Å². The van der Waals surface area contributed by atoms with Crippen LogP contribution in [0.3, 0.4) is 0 Å². The van der Waals surface area contributed by atoms with Crippen molar-refractivity contribution in [2.75, 3.05) is 80.0 Å². The van der Waals surface area contributed by atoms with E-state index >= 15 is 0 Å². The molecule has 4 N–H and O–H groups in total. The third-order valence-electron chi connectivity index (χ3n) is 11.2. The number of likely N-dealkylation sites (tertiary alicyclic amines) is 1. The molecule has 1 saturated heterocycles. The molecule has 22 nitrogen and oxygen atoms in total. The maximum absolute atomic E-state index is 13.7. The second kappa shape index (κ2) is 31.6. The number of ketones is 1. The van der Waals surface area contributed by atoms with Crippen LogP contribution in [0.15, 0.2) is 30.5 Å². The number of nitrogens with one attached hydrogen (secondary N) is 2. The Labute approximate surface area is 421 Å². The molecule has 0 aliphatic carbocycles. The Kier molecular flexibility index (Phi) is 26.6. The molecule has 2 aromatic rings. The topological polar surface area (TPSA) is 273 Å². The highest BCUT2D eigenvalue weighted by atomic mass is 32.2. The quantitative estimate of drug-likeness (QED) is 0.0517. The summed E-state index contributed by atoms with van der Waals surface area (Å²) in [6.45, 7) is 13.8. The van der Waals surface area contributed by atoms with Gasteiger partial charge in [0, 0.05) is 52.6 Å². The van der Waals surface area contributed by atoms with Crippen LogP contribution in [0.4, 0.5) is 9.59 Å². The molecule has 23 heteroatoms. The number of esters is 1. The smallest absolute Gasteiger partial charge is 0.409 e. The van der Waals surface area contributed by atoms with Crippen molar-refractivity contribution in [3.63, 3.8) is 0 Å². The Bertz CT molecular complexity index is 2030. The van der Waals surface area contributed by atoms with Gasteiger partial charge in [0.15, 0.2) is 5.78 Å². The fourth-order valence-electron chi connectivity index (χ4n) is 7.22. The number of methoxy groups -OCH3 is 1. The van der Waals surface area contributed by atoms with Crippen LogP contribution in [0.25, 0.3) is 0 Å². The van der Waals surface area contributed by atoms with E-state index in [-0.39, 0.29) is 125 Å². The second-order valence-corrected chi connectivity index (χ2v) is 19.9. The predicted octanol–water partition coefficient (Wildman–Crippen LogP) is 2.73. The average molecular weight is 1020 g/mol. The highest BCUT2D eigenvalue weighted by molar-refractivity contribution is 8.01. The Morgan fingerprint density at radius 3 is 2.21 bits per heavy atom. The van der Waals surface area contributed by atoms with Crippen LogP contribution in [0.1, 0.15) is 84.0 Å². The van der Waals surface area contributed by atoms with Crippen molar-refractivity contribution >= 4 is 59.3 Å². The molecule has 3 atom stereocenters. The minimum Gasteiger partial charge on any atom is -0.463 e. The molecule has 396 valence electrons. The maximum Gasteiger partial charge on any atom is 0.409 e. The van der Waals surface area contributed by atoms with Gasteiger partial charge in [0.25, 0.3) is 0 Å². The van der Waals surface area contributed by atoms with Gasteiger partial charge in [-0.05, 0) is 35.1 Å². The number of hydrogen-bond acceptors (Lipinski definition) is 16. The Balaban J connectivity index is 1.49. The van der Waals surface area contributed by atoms with Crippen molar-refractivity contribution in [3.8, 4) is 0 Å². The van der Waals surface area contributed by atoms with Gasteiger partial charge in [-0.2, -0.15) is 0 Å². The number of carbonyl (C=O) groups excluding carboxylic acids is 8. The number of Topliss-reactive ketones (excluding diaryl/α,β-unsaturated/α-hetero) is 1. The molecule has 0 spiro atoms. The van der Waals surface area contributed by atoms with Crippen LogP contribution in [-0.2, 0) is 78.6 Å². The summed E-state index contributed by atoms with van der Waals surface area (Å²) in [7, 11) is 3.18. The standard InChI is InChI=1S/C48H75N9O13S/c1-32(2)38(27-43(60)69-25-24-68-21-19-57-42(59)28-41(46(57)63)71-34(5)6)44(61)51-39(10-9-15-50-47(49)64)40(58)26-35-11-13-36(14-12-35)31-70-48(65)54(7)16-17-55(45(62)33(3)4)29-37-30-56(53-52-37)18-20-67-23-22-66-8/h11-14,30,32-34,38-39,41H,9-10,15-29,31H2,1-8H3,(H,51,61)(H3,49,50,64)/t38-,39-,41?/m0/s1. The maximum atomic E-state index is 13.7. The number of benzene rings is 1. The van der Waals surface area contributed by atoms with Crippen molar-refractivity contribution in [3.05, 3.63) is 47.3 Å². The first-order valence-electron chi connectivity index (χ1n) is 24.1. The van der Waals surface area contributed by atoms with Crippen molar-refractivity contribution in [2.45, 2.75) is 110 Å². The third-order valence-corrected chi connectivity index (χ3v) is 12.5. The molecule has 1 fully saturated rings. The molecule has 1 unspecified atom stereocenters. The van der Waals surface area contributed by atoms with E-state index in [9.17, 15) is 38.4 Å². The molecule has 1 aromatic heterocycles. The lowest BCUT2D eigenvalue weighted by Crippen LogP contribution is -2.46. The summed E-state index contributed by atoms with van der Waals surface area (Å²) in [6, 6.07) is 5.23. The highest BCUT2D eigenvalue weighted by Crippen LogP contribution is 2.28. The average Bonchev–Trinajstić information content (AvgIpc) is 3.88. The van der Waals surface area contributed by atoms with Gasteiger partial charge in [-0.15, -0.1) is 16.9 Å². The number of urea groups is 1. The van der Waals surface area contributed by atoms with Crippen LogP contribution < -0.4 is 16.4 Å². The summed E-state index contributed by atoms with van der Waals surface area (Å²) in [4.78, 5) is 107. The van der Waals surface area contributed by atoms with Gasteiger partial charge in [-0.1, -0.05) is 71.0 Å². The number of aromatic nitrogens is 3. The van der Waals surface area contributed by atoms with E-state index in [1.54, 1.807) is 81.9 Å². The Morgan fingerprint density at radius 2 is 1.56 bits per heavy atom. The van der Waals surface area contributed by atoms with Crippen LogP contribution >= 0.6 is 11.8 Å². The number of thioether (sulfide) groups is 1. The van der Waals surface area contributed by atoms with E-state index in [0.29, 0.717) is 49.6 Å². The molecule has 7 amide bonds. The lowest BCUT2D eigenvalue weighted by molar-refractivity contribution is -0.149. The van der Waals surface area contributed by atoms with Gasteiger partial charge < -0.3 is 49.9 Å². The fraction of sp³-hybridized carbons (Fsp3) is 0.667. The minimum atomic E-state index is -0.954. The van der Waals surface area contributed by atoms with E-state index in [0.717, 1.165) is 0 Å². The molecule has 0 radical (unpaired) electrons. The number of hydrogen-bond donors (Lipinski definition) is 3. The van der Waals surface area contributed by atoms with E-state index in [4.69, 9.17) is 29.4 Å². The zero-order valence-electron chi connectivity index (χ0n) is 42.6. The molecule has 0 saturated carbocycles. The minimum absolute atomic E-state index is 0.0222. The number of rotatable bonds is 34. The number of nitrogens with zero attached hydrogens (tertiary/aromatic N) is 6. The first-order valence-corrected chi connectivity index (χ1v) is 25.0. The van der Waals surface area contributed by atoms with Crippen LogP contribution in [0, 0.1) is 17.8 Å². The SMILES string of the molecule is COCCOCCn1cc(CN(CCN(C)C(=O)OCc2ccc(CC(=O)[C@H](CCCNC(N)=O)NC(=O)[C@@H](CC(=O)OCCOCCN3C(=O)CC(SC(C)C)C3=O)C(C)C)cc2)C(=O)C(C)C)nn1. The molecule has 71 heavy (non-hydrogen) atoms. The van der Waals surface area contributed by atoms with E-state index < -0.39 is 41.2 Å². The van der Waals surface area contributed by atoms with Crippen molar-refractivity contribution in [1.82, 2.24) is 40.3 Å². The van der Waals surface area contributed by atoms with Gasteiger partial charge in [-0.25, -0.2) is 14.3 Å². The Morgan fingerprint density at radius 1 is 0.887 bits per heavy atom. The van der Waals surface area contributed by atoms with E-state index in [1.165, 1.54) is 21.6 Å². The largest absolute Gasteiger partial charge is 0.463 e. The fourth-order valence-corrected chi connectivity index (χ4v) is 8.36. The van der Waals surface area contributed by atoms with E-state index in [1.807, 2.05) is 13.8 Å². The monoisotopic (exact) mass is 1020 g/mol. The summed E-state index contributed by atoms with van der Waals surface area (Å²) in [5.41, 5.74) is 7.12. The molecule has 3 rings (SSSR count). The predicted molar refractivity (Wildman–Crippen MR) is 262 cm³/mol. The number of amides is 7. The number of primary amides is 1. The molecule has 1 aliphatic rings. The molecule has 2 heterocycles. The third kappa shape index (κ3) is 22.1. The van der Waals surface area contributed by atoms with Gasteiger partial charge >= 0.3 is 18.1 Å². The first kappa shape index (κ1) is 59.7. The van der Waals surface area contributed by atoms with Crippen molar-refractivity contribution in [2.24, 2.45) is 23.5 Å². The van der Waals surface area contributed by atoms with Gasteiger partial charge in [0.05, 0.1) is 82.5 Å². The summed E-state index contributed by atoms with van der Waals surface area (Å²) in [6.07, 6.45) is 1.53. The molecule has 1 aliphatic heterocycles. The highest BCUT2D eigenvalue weighted by Gasteiger charge is 2.39. The number of imide groups is 1. The van der Waals surface area contributed by atoms with E-state index in [2.05, 4.69) is 20.9 Å². The van der Waals surface area contributed by atoms with Gasteiger partial charge in [-0.3, -0.25) is 33.7 Å². The molecule has 1 aromatic carbocycles. The summed E-state index contributed by atoms with van der Waals surface area (Å²) in [5.74, 6) is -3.43. The number of ether oxygens (including phenoxy) is 5. The lowest BCUT2D eigenvalue weighted by atomic mass is 9.90. The van der Waals surface area contributed by atoms with Crippen molar-refractivity contribution in [1.29, 1.82) is 0 Å². The summed E-state index contributed by atoms with van der Waals surface area (Å²) >= 11 is 1.46. The van der Waals surface area contributed by atoms with Crippen LogP contribution in [-0.4, -0.2) is 174 Å². The zero-order valence-corrected chi connectivity index (χ0v) is 43.4. The summed E-state index contributed by atoms with van der Waals surface area (Å²) < 4.78 is 28.5. The molecular weight excluding hydrogens is 943 g/mol. The Hall–Kier alpha value is -5.65. The zero-order chi connectivity index (χ0) is 52.5. The molecule has 0 bridgehead atoms. The molecular formula is C48H75N9O13S.